The van der Waals surface area contributed by atoms with Crippen LogP contribution in [-0.2, 0) is 0 Å². The van der Waals surface area contributed by atoms with Crippen LogP contribution in [0.25, 0.3) is 0 Å². The molecule has 0 atom stereocenters. The number of rotatable bonds is 4. The number of hydrazone groups is 1. The second kappa shape index (κ2) is 7.01. The second-order valence-electron chi connectivity index (χ2n) is 5.33. The highest BCUT2D eigenvalue weighted by Gasteiger charge is 2.13. The Morgan fingerprint density at radius 2 is 1.42 bits per heavy atom. The molecule has 2 heterocycles. The zero-order valence-electron chi connectivity index (χ0n) is 13.6. The maximum Gasteiger partial charge on any atom is 0.234 e. The lowest BCUT2D eigenvalue weighted by Gasteiger charge is -1.98. The SMILES string of the molecule is NC(=N/N=C/c1ccc2c(c1)OCO2)N/N=C/c1ccc2c(c1)OCO2. The Morgan fingerprint density at radius 1 is 0.846 bits per heavy atom. The van der Waals surface area contributed by atoms with E-state index in [1.165, 1.54) is 0 Å². The number of hydrogen-bond donors (Lipinski definition) is 2. The van der Waals surface area contributed by atoms with Crippen molar-refractivity contribution in [2.45, 2.75) is 0 Å². The normalized spacial score (nSPS) is 15.2. The molecule has 0 radical (unpaired) electrons. The Bertz CT molecular complexity index is 910. The molecule has 9 nitrogen and oxygen atoms in total. The average Bonchev–Trinajstić information content (AvgIpc) is 3.29. The molecular formula is C17H15N5O4. The predicted octanol–water partition coefficient (Wildman–Crippen LogP) is 1.42. The summed E-state index contributed by atoms with van der Waals surface area (Å²) >= 11 is 0. The Balaban J connectivity index is 1.33. The molecule has 0 fully saturated rings. The molecule has 0 amide bonds. The first-order valence-electron chi connectivity index (χ1n) is 7.73. The van der Waals surface area contributed by atoms with Crippen molar-refractivity contribution in [3.05, 3.63) is 47.5 Å². The quantitative estimate of drug-likeness (QED) is 0.488. The highest BCUT2D eigenvalue weighted by atomic mass is 16.7. The molecule has 132 valence electrons. The molecule has 0 spiro atoms. The van der Waals surface area contributed by atoms with Gasteiger partial charge >= 0.3 is 0 Å². The molecule has 0 aromatic heterocycles. The van der Waals surface area contributed by atoms with Gasteiger partial charge in [-0.25, -0.2) is 5.43 Å². The lowest BCUT2D eigenvalue weighted by atomic mass is 10.2. The van der Waals surface area contributed by atoms with E-state index < -0.39 is 0 Å². The van der Waals surface area contributed by atoms with E-state index in [0.717, 1.165) is 11.1 Å². The molecule has 0 saturated carbocycles. The monoisotopic (exact) mass is 353 g/mol. The molecule has 0 bridgehead atoms. The van der Waals surface area contributed by atoms with Gasteiger partial charge in [-0.2, -0.15) is 10.2 Å². The van der Waals surface area contributed by atoms with Gasteiger partial charge in [-0.05, 0) is 47.5 Å². The summed E-state index contributed by atoms with van der Waals surface area (Å²) in [6.45, 7) is 0.460. The first kappa shape index (κ1) is 15.8. The van der Waals surface area contributed by atoms with Crippen LogP contribution in [-0.4, -0.2) is 32.0 Å². The third kappa shape index (κ3) is 3.51. The zero-order valence-corrected chi connectivity index (χ0v) is 13.6. The summed E-state index contributed by atoms with van der Waals surface area (Å²) in [5.74, 6) is 2.85. The lowest BCUT2D eigenvalue weighted by molar-refractivity contribution is 0.173. The van der Waals surface area contributed by atoms with E-state index in [9.17, 15) is 0 Å². The van der Waals surface area contributed by atoms with E-state index in [-0.39, 0.29) is 19.5 Å². The number of fused-ring (bicyclic) bond motifs is 2. The number of nitrogens with two attached hydrogens (primary N) is 1. The molecule has 26 heavy (non-hydrogen) atoms. The van der Waals surface area contributed by atoms with Gasteiger partial charge in [0, 0.05) is 0 Å². The molecular weight excluding hydrogens is 338 g/mol. The Kier molecular flexibility index (Phi) is 4.25. The Labute approximate surface area is 148 Å². The van der Waals surface area contributed by atoms with Crippen LogP contribution in [0.1, 0.15) is 11.1 Å². The first-order chi connectivity index (χ1) is 12.8. The second-order valence-corrected chi connectivity index (χ2v) is 5.33. The van der Waals surface area contributed by atoms with Crippen LogP contribution in [0.3, 0.4) is 0 Å². The molecule has 0 saturated heterocycles. The third-order valence-corrected chi connectivity index (χ3v) is 3.56. The highest BCUT2D eigenvalue weighted by molar-refractivity contribution is 5.85. The Hall–Kier alpha value is -3.75. The number of hydrogen-bond acceptors (Lipinski definition) is 7. The number of nitrogens with one attached hydrogen (secondary N) is 1. The maximum atomic E-state index is 5.70. The highest BCUT2D eigenvalue weighted by Crippen LogP contribution is 2.32. The average molecular weight is 353 g/mol. The van der Waals surface area contributed by atoms with Gasteiger partial charge in [-0.1, -0.05) is 0 Å². The topological polar surface area (TPSA) is 112 Å². The molecule has 2 aromatic rings. The third-order valence-electron chi connectivity index (χ3n) is 3.56. The van der Waals surface area contributed by atoms with E-state index in [2.05, 4.69) is 20.7 Å². The van der Waals surface area contributed by atoms with Crippen molar-refractivity contribution in [3.63, 3.8) is 0 Å². The molecule has 0 aliphatic carbocycles. The van der Waals surface area contributed by atoms with Crippen molar-refractivity contribution in [2.24, 2.45) is 21.0 Å². The van der Waals surface area contributed by atoms with Gasteiger partial charge in [-0.15, -0.1) is 5.10 Å². The minimum Gasteiger partial charge on any atom is -0.454 e. The van der Waals surface area contributed by atoms with Gasteiger partial charge in [0.1, 0.15) is 0 Å². The van der Waals surface area contributed by atoms with Crippen LogP contribution in [0.15, 0.2) is 51.7 Å². The van der Waals surface area contributed by atoms with Crippen LogP contribution < -0.4 is 30.1 Å². The molecule has 4 rings (SSSR count). The molecule has 2 aromatic carbocycles. The number of nitrogens with zero attached hydrogens (tertiary/aromatic N) is 3. The van der Waals surface area contributed by atoms with Crippen LogP contribution in [0.4, 0.5) is 0 Å². The van der Waals surface area contributed by atoms with Gasteiger partial charge in [-0.3, -0.25) is 0 Å². The van der Waals surface area contributed by atoms with Gasteiger partial charge in [0.25, 0.3) is 0 Å². The van der Waals surface area contributed by atoms with Crippen molar-refractivity contribution >= 4 is 18.4 Å². The van der Waals surface area contributed by atoms with Gasteiger partial charge in [0.05, 0.1) is 12.4 Å². The molecule has 2 aliphatic rings. The summed E-state index contributed by atoms with van der Waals surface area (Å²) in [6.07, 6.45) is 3.14. The Morgan fingerprint density at radius 3 is 2.08 bits per heavy atom. The first-order valence-corrected chi connectivity index (χ1v) is 7.73. The largest absolute Gasteiger partial charge is 0.454 e. The number of benzene rings is 2. The fourth-order valence-electron chi connectivity index (χ4n) is 2.34. The lowest BCUT2D eigenvalue weighted by Crippen LogP contribution is -2.26. The fourth-order valence-corrected chi connectivity index (χ4v) is 2.34. The van der Waals surface area contributed by atoms with Crippen molar-refractivity contribution in [1.82, 2.24) is 5.43 Å². The minimum absolute atomic E-state index is 0.0546. The van der Waals surface area contributed by atoms with Crippen molar-refractivity contribution < 1.29 is 18.9 Å². The van der Waals surface area contributed by atoms with Crippen molar-refractivity contribution in [1.29, 1.82) is 0 Å². The molecule has 9 heteroatoms. The summed E-state index contributed by atoms with van der Waals surface area (Å²) in [4.78, 5) is 0. The summed E-state index contributed by atoms with van der Waals surface area (Å²) in [5.41, 5.74) is 9.94. The van der Waals surface area contributed by atoms with Gasteiger partial charge in [0.2, 0.25) is 19.5 Å². The van der Waals surface area contributed by atoms with E-state index in [4.69, 9.17) is 24.7 Å². The maximum absolute atomic E-state index is 5.70. The van der Waals surface area contributed by atoms with Crippen LogP contribution in [0.5, 0.6) is 23.0 Å². The minimum atomic E-state index is 0.0546. The van der Waals surface area contributed by atoms with Gasteiger partial charge < -0.3 is 24.7 Å². The number of guanidine groups is 1. The molecule has 2 aliphatic heterocycles. The fraction of sp³-hybridized carbons (Fsp3) is 0.118. The van der Waals surface area contributed by atoms with E-state index in [1.807, 2.05) is 36.4 Å². The van der Waals surface area contributed by atoms with E-state index in [1.54, 1.807) is 12.4 Å². The summed E-state index contributed by atoms with van der Waals surface area (Å²) < 4.78 is 21.1. The number of ether oxygens (including phenoxy) is 4. The molecule has 3 N–H and O–H groups in total. The van der Waals surface area contributed by atoms with E-state index in [0.29, 0.717) is 23.0 Å². The molecule has 0 unspecified atom stereocenters. The van der Waals surface area contributed by atoms with Crippen LogP contribution in [0.2, 0.25) is 0 Å². The van der Waals surface area contributed by atoms with Crippen molar-refractivity contribution in [3.8, 4) is 23.0 Å². The van der Waals surface area contributed by atoms with Crippen LogP contribution in [0, 0.1) is 0 Å². The van der Waals surface area contributed by atoms with E-state index >= 15 is 0 Å². The standard InChI is InChI=1S/C17H15N5O4/c18-17(21-19-7-11-1-3-13-15(5-11)25-9-23-13)22-20-8-12-2-4-14-16(6-12)26-10-24-14/h1-8H,9-10H2,(H3,18,21,22)/b19-7+,20-8+. The van der Waals surface area contributed by atoms with Gasteiger partial charge in [0.15, 0.2) is 23.0 Å². The summed E-state index contributed by atoms with van der Waals surface area (Å²) in [5, 5.41) is 11.7. The predicted molar refractivity (Wildman–Crippen MR) is 95.1 cm³/mol. The zero-order chi connectivity index (χ0) is 17.8. The smallest absolute Gasteiger partial charge is 0.234 e. The summed E-state index contributed by atoms with van der Waals surface area (Å²) in [7, 11) is 0. The van der Waals surface area contributed by atoms with Crippen LogP contribution >= 0.6 is 0 Å². The van der Waals surface area contributed by atoms with Crippen molar-refractivity contribution in [2.75, 3.05) is 13.6 Å². The summed E-state index contributed by atoms with van der Waals surface area (Å²) in [6, 6.07) is 10.9.